The average molecular weight is 269 g/mol. The van der Waals surface area contributed by atoms with E-state index in [9.17, 15) is 0 Å². The second kappa shape index (κ2) is 6.27. The highest BCUT2D eigenvalue weighted by atomic mass is 16.5. The number of anilines is 1. The highest BCUT2D eigenvalue weighted by molar-refractivity contribution is 5.71. The van der Waals surface area contributed by atoms with Gasteiger partial charge in [-0.2, -0.15) is 0 Å². The fourth-order valence-electron chi connectivity index (χ4n) is 2.24. The zero-order valence-electron chi connectivity index (χ0n) is 11.9. The summed E-state index contributed by atoms with van der Waals surface area (Å²) in [5.74, 6) is 4.15. The second-order valence-corrected chi connectivity index (χ2v) is 4.54. The zero-order valence-corrected chi connectivity index (χ0v) is 11.9. The number of hydrogen-bond acceptors (Lipinski definition) is 3. The molecule has 4 nitrogen and oxygen atoms in total. The first-order valence-electron chi connectivity index (χ1n) is 6.57. The average Bonchev–Trinajstić information content (AvgIpc) is 2.77. The number of benzene rings is 1. The van der Waals surface area contributed by atoms with E-state index in [1.807, 2.05) is 35.8 Å². The van der Waals surface area contributed by atoms with E-state index in [0.717, 1.165) is 29.1 Å². The van der Waals surface area contributed by atoms with Crippen LogP contribution >= 0.6 is 0 Å². The van der Waals surface area contributed by atoms with Gasteiger partial charge in [-0.3, -0.25) is 0 Å². The number of ether oxygens (including phenoxy) is 1. The lowest BCUT2D eigenvalue weighted by atomic mass is 10.1. The predicted octanol–water partition coefficient (Wildman–Crippen LogP) is 2.47. The van der Waals surface area contributed by atoms with Gasteiger partial charge >= 0.3 is 0 Å². The molecular weight excluding hydrogens is 250 g/mol. The maximum atomic E-state index is 6.20. The monoisotopic (exact) mass is 269 g/mol. The fraction of sp³-hybridized carbons (Fsp3) is 0.312. The van der Waals surface area contributed by atoms with Crippen LogP contribution in [0.4, 0.5) is 5.82 Å². The fourth-order valence-corrected chi connectivity index (χ4v) is 2.24. The summed E-state index contributed by atoms with van der Waals surface area (Å²) in [7, 11) is 1.68. The van der Waals surface area contributed by atoms with Gasteiger partial charge in [-0.05, 0) is 11.6 Å². The maximum absolute atomic E-state index is 6.20. The molecule has 20 heavy (non-hydrogen) atoms. The van der Waals surface area contributed by atoms with Gasteiger partial charge in [-0.15, -0.1) is 6.42 Å². The van der Waals surface area contributed by atoms with Crippen LogP contribution in [0.2, 0.25) is 0 Å². The first-order valence-corrected chi connectivity index (χ1v) is 6.57. The molecule has 2 aromatic rings. The highest BCUT2D eigenvalue weighted by Gasteiger charge is 2.14. The van der Waals surface area contributed by atoms with Gasteiger partial charge in [0.2, 0.25) is 0 Å². The first-order chi connectivity index (χ1) is 9.71. The predicted molar refractivity (Wildman–Crippen MR) is 81.0 cm³/mol. The SMILES string of the molecule is C#CCn1c(CC)nc(-c2cccc(COC)c2)c1N. The Labute approximate surface area is 119 Å². The van der Waals surface area contributed by atoms with Crippen LogP contribution in [0.25, 0.3) is 11.3 Å². The van der Waals surface area contributed by atoms with Crippen molar-refractivity contribution in [2.75, 3.05) is 12.8 Å². The Hall–Kier alpha value is -2.25. The summed E-state index contributed by atoms with van der Waals surface area (Å²) in [4.78, 5) is 4.62. The van der Waals surface area contributed by atoms with Gasteiger partial charge < -0.3 is 15.0 Å². The third kappa shape index (κ3) is 2.68. The summed E-state index contributed by atoms with van der Waals surface area (Å²) in [6.07, 6.45) is 6.19. The third-order valence-corrected chi connectivity index (χ3v) is 3.16. The van der Waals surface area contributed by atoms with Gasteiger partial charge in [0, 0.05) is 19.1 Å². The third-order valence-electron chi connectivity index (χ3n) is 3.16. The molecule has 104 valence electrons. The van der Waals surface area contributed by atoms with Crippen molar-refractivity contribution in [1.82, 2.24) is 9.55 Å². The normalized spacial score (nSPS) is 10.4. The van der Waals surface area contributed by atoms with E-state index >= 15 is 0 Å². The Balaban J connectivity index is 2.47. The molecule has 0 aliphatic heterocycles. The molecule has 4 heteroatoms. The Kier molecular flexibility index (Phi) is 4.44. The van der Waals surface area contributed by atoms with E-state index in [4.69, 9.17) is 16.9 Å². The molecule has 0 aliphatic carbocycles. The highest BCUT2D eigenvalue weighted by Crippen LogP contribution is 2.27. The minimum absolute atomic E-state index is 0.444. The van der Waals surface area contributed by atoms with Crippen LogP contribution in [0.5, 0.6) is 0 Å². The molecule has 0 radical (unpaired) electrons. The summed E-state index contributed by atoms with van der Waals surface area (Å²) >= 11 is 0. The lowest BCUT2D eigenvalue weighted by molar-refractivity contribution is 0.185. The molecule has 2 rings (SSSR count). The van der Waals surface area contributed by atoms with Crippen molar-refractivity contribution in [2.24, 2.45) is 0 Å². The minimum Gasteiger partial charge on any atom is -0.383 e. The molecule has 0 unspecified atom stereocenters. The lowest BCUT2D eigenvalue weighted by Crippen LogP contribution is -2.05. The van der Waals surface area contributed by atoms with Crippen LogP contribution < -0.4 is 5.73 Å². The molecule has 0 aliphatic rings. The van der Waals surface area contributed by atoms with Gasteiger partial charge in [0.25, 0.3) is 0 Å². The van der Waals surface area contributed by atoms with Gasteiger partial charge in [-0.25, -0.2) is 4.98 Å². The number of imidazole rings is 1. The topological polar surface area (TPSA) is 53.1 Å². The lowest BCUT2D eigenvalue weighted by Gasteiger charge is -2.05. The van der Waals surface area contributed by atoms with Gasteiger partial charge in [0.05, 0.1) is 13.2 Å². The molecule has 0 fully saturated rings. The molecule has 0 saturated carbocycles. The molecule has 1 heterocycles. The van der Waals surface area contributed by atoms with Crippen molar-refractivity contribution in [3.63, 3.8) is 0 Å². The van der Waals surface area contributed by atoms with E-state index in [-0.39, 0.29) is 0 Å². The Bertz CT molecular complexity index is 638. The van der Waals surface area contributed by atoms with E-state index < -0.39 is 0 Å². The van der Waals surface area contributed by atoms with Crippen molar-refractivity contribution >= 4 is 5.82 Å². The van der Waals surface area contributed by atoms with Crippen LogP contribution in [0.15, 0.2) is 24.3 Å². The van der Waals surface area contributed by atoms with E-state index in [1.165, 1.54) is 0 Å². The number of aryl methyl sites for hydroxylation is 1. The van der Waals surface area contributed by atoms with Crippen molar-refractivity contribution in [3.8, 4) is 23.6 Å². The van der Waals surface area contributed by atoms with E-state index in [2.05, 4.69) is 10.9 Å². The van der Waals surface area contributed by atoms with Gasteiger partial charge in [0.1, 0.15) is 17.3 Å². The number of terminal acetylenes is 1. The summed E-state index contributed by atoms with van der Waals surface area (Å²) in [5.41, 5.74) is 9.06. The molecule has 0 saturated heterocycles. The second-order valence-electron chi connectivity index (χ2n) is 4.54. The molecule has 1 aromatic heterocycles. The molecule has 0 atom stereocenters. The summed E-state index contributed by atoms with van der Waals surface area (Å²) in [5, 5.41) is 0. The molecule has 0 amide bonds. The van der Waals surface area contributed by atoms with Crippen LogP contribution in [0, 0.1) is 12.3 Å². The largest absolute Gasteiger partial charge is 0.383 e. The zero-order chi connectivity index (χ0) is 14.5. The van der Waals surface area contributed by atoms with Crippen LogP contribution in [0.1, 0.15) is 18.3 Å². The Morgan fingerprint density at radius 3 is 2.90 bits per heavy atom. The standard InChI is InChI=1S/C16H19N3O/c1-4-9-19-14(5-2)18-15(16(19)17)13-8-6-7-12(10-13)11-20-3/h1,6-8,10H,5,9,11,17H2,2-3H3. The van der Waals surface area contributed by atoms with Crippen LogP contribution in [0.3, 0.4) is 0 Å². The summed E-state index contributed by atoms with van der Waals surface area (Å²) < 4.78 is 7.04. The van der Waals surface area contributed by atoms with Crippen LogP contribution in [-0.4, -0.2) is 16.7 Å². The number of nitrogen functional groups attached to an aromatic ring is 1. The minimum atomic E-state index is 0.444. The molecule has 2 N–H and O–H groups in total. The van der Waals surface area contributed by atoms with Crippen LogP contribution in [-0.2, 0) is 24.3 Å². The number of nitrogens with two attached hydrogens (primary N) is 1. The first kappa shape index (κ1) is 14.2. The number of aromatic nitrogens is 2. The number of nitrogens with zero attached hydrogens (tertiary/aromatic N) is 2. The maximum Gasteiger partial charge on any atom is 0.132 e. The molecule has 0 bridgehead atoms. The summed E-state index contributed by atoms with van der Waals surface area (Å²) in [6.45, 7) is 3.05. The quantitative estimate of drug-likeness (QED) is 0.848. The number of hydrogen-bond donors (Lipinski definition) is 1. The Morgan fingerprint density at radius 2 is 2.25 bits per heavy atom. The van der Waals surface area contributed by atoms with Crippen molar-refractivity contribution < 1.29 is 4.74 Å². The van der Waals surface area contributed by atoms with Gasteiger partial charge in [-0.1, -0.05) is 31.0 Å². The van der Waals surface area contributed by atoms with Gasteiger partial charge in [0.15, 0.2) is 0 Å². The number of rotatable bonds is 5. The summed E-state index contributed by atoms with van der Waals surface area (Å²) in [6, 6.07) is 8.04. The van der Waals surface area contributed by atoms with Crippen molar-refractivity contribution in [3.05, 3.63) is 35.7 Å². The van der Waals surface area contributed by atoms with E-state index in [0.29, 0.717) is 19.0 Å². The van der Waals surface area contributed by atoms with Crippen molar-refractivity contribution in [1.29, 1.82) is 0 Å². The Morgan fingerprint density at radius 1 is 1.45 bits per heavy atom. The van der Waals surface area contributed by atoms with Crippen molar-refractivity contribution in [2.45, 2.75) is 26.5 Å². The molecule has 0 spiro atoms. The van der Waals surface area contributed by atoms with E-state index in [1.54, 1.807) is 7.11 Å². The molecular formula is C16H19N3O. The number of methoxy groups -OCH3 is 1. The molecule has 1 aromatic carbocycles. The smallest absolute Gasteiger partial charge is 0.132 e.